The summed E-state index contributed by atoms with van der Waals surface area (Å²) in [4.78, 5) is -1.08. The molecule has 0 spiro atoms. The van der Waals surface area contributed by atoms with Crippen molar-refractivity contribution >= 4 is 38.9 Å². The molecule has 1 aliphatic heterocycles. The summed E-state index contributed by atoms with van der Waals surface area (Å²) in [5.41, 5.74) is 4.59. The summed E-state index contributed by atoms with van der Waals surface area (Å²) >= 11 is 12.4. The third kappa shape index (κ3) is 5.02. The summed E-state index contributed by atoms with van der Waals surface area (Å²) < 4.78 is 62.3. The normalized spacial score (nSPS) is 16.6. The number of sulfonamides is 1. The standard InChI is InChI=1S/C23H19Cl2F2N3O3S/c1-33-15-8-5-13(6-9-15)20-12-21(29-28-20)22(16-10-7-14(24)11-17(16)25)30-34(31,32)23-18(26)3-2-4-19(23)27/h2-11,20,22,28,30H,12H2,1H3. The van der Waals surface area contributed by atoms with Gasteiger partial charge in [0.25, 0.3) is 0 Å². The van der Waals surface area contributed by atoms with Crippen molar-refractivity contribution in [2.24, 2.45) is 5.10 Å². The lowest BCUT2D eigenvalue weighted by Crippen LogP contribution is -2.34. The Hall–Kier alpha value is -2.72. The zero-order chi connectivity index (χ0) is 24.5. The lowest BCUT2D eigenvalue weighted by atomic mass is 9.96. The Morgan fingerprint density at radius 3 is 2.38 bits per heavy atom. The monoisotopic (exact) mass is 525 g/mol. The molecule has 0 aliphatic carbocycles. The predicted octanol–water partition coefficient (Wildman–Crippen LogP) is 5.39. The van der Waals surface area contributed by atoms with Gasteiger partial charge in [0.2, 0.25) is 10.0 Å². The summed E-state index contributed by atoms with van der Waals surface area (Å²) in [6.45, 7) is 0. The first-order chi connectivity index (χ1) is 16.2. The van der Waals surface area contributed by atoms with Crippen molar-refractivity contribution in [2.75, 3.05) is 7.11 Å². The fourth-order valence-electron chi connectivity index (χ4n) is 3.67. The molecule has 3 aromatic carbocycles. The van der Waals surface area contributed by atoms with Crippen molar-refractivity contribution in [1.29, 1.82) is 0 Å². The molecule has 1 aliphatic rings. The molecular formula is C23H19Cl2F2N3O3S. The van der Waals surface area contributed by atoms with Crippen LogP contribution in [0.4, 0.5) is 8.78 Å². The Kier molecular flexibility index (Phi) is 7.09. The largest absolute Gasteiger partial charge is 0.497 e. The Morgan fingerprint density at radius 1 is 1.09 bits per heavy atom. The van der Waals surface area contributed by atoms with Crippen molar-refractivity contribution in [3.63, 3.8) is 0 Å². The molecule has 0 amide bonds. The molecule has 0 radical (unpaired) electrons. The molecule has 0 saturated carbocycles. The minimum absolute atomic E-state index is 0.171. The molecule has 11 heteroatoms. The smallest absolute Gasteiger partial charge is 0.247 e. The van der Waals surface area contributed by atoms with E-state index >= 15 is 0 Å². The van der Waals surface area contributed by atoms with E-state index in [1.165, 1.54) is 12.1 Å². The van der Waals surface area contributed by atoms with Gasteiger partial charge in [-0.1, -0.05) is 47.5 Å². The zero-order valence-corrected chi connectivity index (χ0v) is 20.1. The first-order valence-corrected chi connectivity index (χ1v) is 12.3. The highest BCUT2D eigenvalue weighted by Crippen LogP contribution is 2.34. The number of methoxy groups -OCH3 is 1. The van der Waals surface area contributed by atoms with Crippen molar-refractivity contribution in [3.8, 4) is 5.75 Å². The lowest BCUT2D eigenvalue weighted by molar-refractivity contribution is 0.414. The van der Waals surface area contributed by atoms with E-state index in [1.54, 1.807) is 25.3 Å². The fourth-order valence-corrected chi connectivity index (χ4v) is 5.53. The van der Waals surface area contributed by atoms with Crippen molar-refractivity contribution < 1.29 is 21.9 Å². The summed E-state index contributed by atoms with van der Waals surface area (Å²) in [6, 6.07) is 13.3. The second-order valence-electron chi connectivity index (χ2n) is 7.53. The van der Waals surface area contributed by atoms with Gasteiger partial charge in [0, 0.05) is 16.5 Å². The van der Waals surface area contributed by atoms with E-state index in [9.17, 15) is 17.2 Å². The van der Waals surface area contributed by atoms with Crippen LogP contribution in [0.1, 0.15) is 29.6 Å². The average Bonchev–Trinajstić information content (AvgIpc) is 3.28. The zero-order valence-electron chi connectivity index (χ0n) is 17.7. The van der Waals surface area contributed by atoms with Crippen LogP contribution in [-0.2, 0) is 10.0 Å². The molecule has 2 unspecified atom stereocenters. The summed E-state index contributed by atoms with van der Waals surface area (Å²) in [5, 5.41) is 4.84. The predicted molar refractivity (Wildman–Crippen MR) is 127 cm³/mol. The van der Waals surface area contributed by atoms with Crippen LogP contribution in [0.15, 0.2) is 70.7 Å². The quantitative estimate of drug-likeness (QED) is 0.433. The molecule has 0 fully saturated rings. The summed E-state index contributed by atoms with van der Waals surface area (Å²) in [6.07, 6.45) is 0.304. The summed E-state index contributed by atoms with van der Waals surface area (Å²) in [5.74, 6) is -1.74. The molecule has 1 heterocycles. The van der Waals surface area contributed by atoms with E-state index in [-0.39, 0.29) is 11.1 Å². The van der Waals surface area contributed by atoms with Gasteiger partial charge in [-0.05, 0) is 47.5 Å². The van der Waals surface area contributed by atoms with Crippen LogP contribution in [0.5, 0.6) is 5.75 Å². The maximum absolute atomic E-state index is 14.3. The minimum atomic E-state index is -4.64. The number of hydrazone groups is 1. The molecule has 2 atom stereocenters. The topological polar surface area (TPSA) is 79.8 Å². The van der Waals surface area contributed by atoms with Crippen molar-refractivity contribution in [1.82, 2.24) is 10.1 Å². The van der Waals surface area contributed by atoms with E-state index in [0.29, 0.717) is 28.5 Å². The van der Waals surface area contributed by atoms with Crippen LogP contribution in [0.25, 0.3) is 0 Å². The molecule has 0 saturated heterocycles. The Morgan fingerprint density at radius 2 is 1.76 bits per heavy atom. The van der Waals surface area contributed by atoms with E-state index in [2.05, 4.69) is 15.2 Å². The lowest BCUT2D eigenvalue weighted by Gasteiger charge is -2.21. The SMILES string of the molecule is COc1ccc(C2CC(C(NS(=O)(=O)c3c(F)cccc3F)c3ccc(Cl)cc3Cl)=NN2)cc1. The van der Waals surface area contributed by atoms with Gasteiger partial charge < -0.3 is 10.2 Å². The van der Waals surface area contributed by atoms with Crippen LogP contribution < -0.4 is 14.9 Å². The van der Waals surface area contributed by atoms with Gasteiger partial charge >= 0.3 is 0 Å². The van der Waals surface area contributed by atoms with Gasteiger partial charge in [-0.3, -0.25) is 0 Å². The summed E-state index contributed by atoms with van der Waals surface area (Å²) in [7, 11) is -3.08. The van der Waals surface area contributed by atoms with E-state index in [1.807, 2.05) is 12.1 Å². The molecule has 6 nitrogen and oxygen atoms in total. The maximum Gasteiger partial charge on any atom is 0.247 e. The molecule has 4 rings (SSSR count). The number of benzene rings is 3. The minimum Gasteiger partial charge on any atom is -0.497 e. The van der Waals surface area contributed by atoms with E-state index in [0.717, 1.165) is 23.8 Å². The Balaban J connectivity index is 1.69. The van der Waals surface area contributed by atoms with Crippen LogP contribution in [-0.4, -0.2) is 21.2 Å². The number of nitrogens with zero attached hydrogens (tertiary/aromatic N) is 1. The van der Waals surface area contributed by atoms with Gasteiger partial charge in [0.15, 0.2) is 4.90 Å². The highest BCUT2D eigenvalue weighted by atomic mass is 35.5. The van der Waals surface area contributed by atoms with Crippen LogP contribution >= 0.6 is 23.2 Å². The van der Waals surface area contributed by atoms with Gasteiger partial charge in [-0.25, -0.2) is 17.2 Å². The van der Waals surface area contributed by atoms with Crippen LogP contribution in [0.3, 0.4) is 0 Å². The molecule has 3 aromatic rings. The number of halogens is 4. The first-order valence-electron chi connectivity index (χ1n) is 10.1. The van der Waals surface area contributed by atoms with Gasteiger partial charge in [0.05, 0.1) is 24.9 Å². The van der Waals surface area contributed by atoms with Gasteiger partial charge in [-0.15, -0.1) is 0 Å². The highest BCUT2D eigenvalue weighted by Gasteiger charge is 2.34. The Labute approximate surface area is 205 Å². The number of rotatable bonds is 7. The second-order valence-corrected chi connectivity index (χ2v) is 10.0. The van der Waals surface area contributed by atoms with Gasteiger partial charge in [0.1, 0.15) is 17.4 Å². The number of ether oxygens (including phenoxy) is 1. The molecule has 2 N–H and O–H groups in total. The molecule has 0 bridgehead atoms. The highest BCUT2D eigenvalue weighted by molar-refractivity contribution is 7.89. The fraction of sp³-hybridized carbons (Fsp3) is 0.174. The maximum atomic E-state index is 14.3. The molecule has 34 heavy (non-hydrogen) atoms. The number of hydrogen-bond donors (Lipinski definition) is 2. The van der Waals surface area contributed by atoms with Crippen LogP contribution in [0, 0.1) is 11.6 Å². The molecule has 178 valence electrons. The van der Waals surface area contributed by atoms with E-state index in [4.69, 9.17) is 27.9 Å². The number of hydrogen-bond acceptors (Lipinski definition) is 5. The third-order valence-electron chi connectivity index (χ3n) is 5.36. The van der Waals surface area contributed by atoms with Crippen molar-refractivity contribution in [2.45, 2.75) is 23.4 Å². The average molecular weight is 526 g/mol. The third-order valence-corrected chi connectivity index (χ3v) is 7.40. The van der Waals surface area contributed by atoms with Crippen LogP contribution in [0.2, 0.25) is 10.0 Å². The number of nitrogens with one attached hydrogen (secondary N) is 2. The second kappa shape index (κ2) is 9.87. The van der Waals surface area contributed by atoms with E-state index < -0.39 is 32.6 Å². The Bertz CT molecular complexity index is 1330. The van der Waals surface area contributed by atoms with Gasteiger partial charge in [-0.2, -0.15) is 9.82 Å². The molecule has 0 aromatic heterocycles. The first kappa shape index (κ1) is 24.4. The molecular weight excluding hydrogens is 507 g/mol. The van der Waals surface area contributed by atoms with Crippen molar-refractivity contribution in [3.05, 3.63) is 93.5 Å².